The summed E-state index contributed by atoms with van der Waals surface area (Å²) in [6, 6.07) is 2.22. The highest BCUT2D eigenvalue weighted by Crippen LogP contribution is 2.21. The molecule has 6 nitrogen and oxygen atoms in total. The zero-order valence-corrected chi connectivity index (χ0v) is 12.0. The van der Waals surface area contributed by atoms with Gasteiger partial charge in [0.1, 0.15) is 23.2 Å². The molecule has 1 rings (SSSR count). The Balaban J connectivity index is 2.84. The fourth-order valence-corrected chi connectivity index (χ4v) is 1.60. The molecule has 1 aromatic carbocycles. The minimum atomic E-state index is -1.41. The van der Waals surface area contributed by atoms with Crippen molar-refractivity contribution in [1.82, 2.24) is 5.32 Å². The van der Waals surface area contributed by atoms with E-state index in [1.165, 1.54) is 12.1 Å². The molecular weight excluding hydrogens is 281 g/mol. The minimum absolute atomic E-state index is 0.180. The molecule has 0 heterocycles. The predicted octanol–water partition coefficient (Wildman–Crippen LogP) is 2.05. The molecule has 7 heteroatoms. The number of hydrogen-bond acceptors (Lipinski definition) is 4. The van der Waals surface area contributed by atoms with Crippen LogP contribution in [-0.4, -0.2) is 33.9 Å². The van der Waals surface area contributed by atoms with E-state index in [1.54, 1.807) is 20.8 Å². The monoisotopic (exact) mass is 299 g/mol. The zero-order chi connectivity index (χ0) is 16.2. The van der Waals surface area contributed by atoms with Crippen molar-refractivity contribution in [2.45, 2.75) is 38.8 Å². The highest BCUT2D eigenvalue weighted by molar-refractivity contribution is 5.80. The SMILES string of the molecule is CC(C)(C)OC(=O)NC(Cc1c(O)cccc1F)C(=O)O. The Morgan fingerprint density at radius 1 is 1.38 bits per heavy atom. The average molecular weight is 299 g/mol. The maximum atomic E-state index is 13.6. The highest BCUT2D eigenvalue weighted by Gasteiger charge is 2.26. The van der Waals surface area contributed by atoms with Gasteiger partial charge in [-0.05, 0) is 32.9 Å². The van der Waals surface area contributed by atoms with Crippen molar-refractivity contribution in [2.75, 3.05) is 0 Å². The fourth-order valence-electron chi connectivity index (χ4n) is 1.60. The van der Waals surface area contributed by atoms with E-state index in [1.807, 2.05) is 0 Å². The zero-order valence-electron chi connectivity index (χ0n) is 12.0. The number of carboxylic acids is 1. The first-order chi connectivity index (χ1) is 9.60. The van der Waals surface area contributed by atoms with Gasteiger partial charge >= 0.3 is 12.1 Å². The lowest BCUT2D eigenvalue weighted by Gasteiger charge is -2.22. The number of nitrogens with one attached hydrogen (secondary N) is 1. The van der Waals surface area contributed by atoms with Gasteiger partial charge in [-0.15, -0.1) is 0 Å². The molecule has 0 aliphatic heterocycles. The van der Waals surface area contributed by atoms with Gasteiger partial charge in [0.2, 0.25) is 0 Å². The van der Waals surface area contributed by atoms with Crippen LogP contribution in [0.3, 0.4) is 0 Å². The van der Waals surface area contributed by atoms with Crippen LogP contribution in [0.5, 0.6) is 5.75 Å². The van der Waals surface area contributed by atoms with Crippen LogP contribution in [0.2, 0.25) is 0 Å². The number of rotatable bonds is 4. The number of ether oxygens (including phenoxy) is 1. The molecule has 1 aromatic rings. The Morgan fingerprint density at radius 3 is 2.48 bits per heavy atom. The largest absolute Gasteiger partial charge is 0.508 e. The summed E-state index contributed by atoms with van der Waals surface area (Å²) in [7, 11) is 0. The predicted molar refractivity (Wildman–Crippen MR) is 72.6 cm³/mol. The second-order valence-electron chi connectivity index (χ2n) is 5.48. The minimum Gasteiger partial charge on any atom is -0.508 e. The lowest BCUT2D eigenvalue weighted by Crippen LogP contribution is -2.44. The number of hydrogen-bond donors (Lipinski definition) is 3. The Morgan fingerprint density at radius 2 is 2.00 bits per heavy atom. The topological polar surface area (TPSA) is 95.9 Å². The standard InChI is InChI=1S/C14H18FNO5/c1-14(2,3)21-13(20)16-10(12(18)19)7-8-9(15)5-4-6-11(8)17/h4-6,10,17H,7H2,1-3H3,(H,16,20)(H,18,19). The summed E-state index contributed by atoms with van der Waals surface area (Å²) in [5.41, 5.74) is -0.964. The Bertz CT molecular complexity index is 518. The third kappa shape index (κ3) is 5.29. The molecule has 3 N–H and O–H groups in total. The van der Waals surface area contributed by atoms with E-state index in [2.05, 4.69) is 5.32 Å². The summed E-state index contributed by atoms with van der Waals surface area (Å²) in [5, 5.41) is 20.8. The molecule has 1 amide bonds. The van der Waals surface area contributed by atoms with Gasteiger partial charge in [0.05, 0.1) is 0 Å². The second kappa shape index (κ2) is 6.43. The summed E-state index contributed by atoms with van der Waals surface area (Å²) in [5.74, 6) is -2.47. The molecule has 0 aromatic heterocycles. The van der Waals surface area contributed by atoms with Crippen LogP contribution in [0.25, 0.3) is 0 Å². The average Bonchev–Trinajstić information content (AvgIpc) is 2.29. The third-order valence-electron chi connectivity index (χ3n) is 2.49. The summed E-state index contributed by atoms with van der Waals surface area (Å²) in [6.45, 7) is 4.89. The van der Waals surface area contributed by atoms with Crippen molar-refractivity contribution in [3.8, 4) is 5.75 Å². The molecular formula is C14H18FNO5. The van der Waals surface area contributed by atoms with Gasteiger partial charge in [0.15, 0.2) is 0 Å². The summed E-state index contributed by atoms with van der Waals surface area (Å²) < 4.78 is 18.5. The molecule has 21 heavy (non-hydrogen) atoms. The van der Waals surface area contributed by atoms with Gasteiger partial charge in [-0.1, -0.05) is 6.07 Å². The van der Waals surface area contributed by atoms with Crippen molar-refractivity contribution < 1.29 is 28.9 Å². The molecule has 0 fully saturated rings. The first kappa shape index (κ1) is 16.7. The Hall–Kier alpha value is -2.31. The number of alkyl carbamates (subject to hydrolysis) is 1. The maximum absolute atomic E-state index is 13.6. The molecule has 0 bridgehead atoms. The van der Waals surface area contributed by atoms with E-state index in [-0.39, 0.29) is 11.3 Å². The van der Waals surface area contributed by atoms with E-state index in [0.29, 0.717) is 0 Å². The smallest absolute Gasteiger partial charge is 0.408 e. The Kier molecular flexibility index (Phi) is 5.12. The van der Waals surface area contributed by atoms with Crippen LogP contribution in [0, 0.1) is 5.82 Å². The molecule has 1 atom stereocenters. The van der Waals surface area contributed by atoms with Crippen LogP contribution < -0.4 is 5.32 Å². The highest BCUT2D eigenvalue weighted by atomic mass is 19.1. The molecule has 116 valence electrons. The number of carbonyl (C=O) groups excluding carboxylic acids is 1. The number of halogens is 1. The summed E-state index contributed by atoms with van der Waals surface area (Å²) in [6.07, 6.45) is -1.32. The molecule has 0 radical (unpaired) electrons. The number of phenols is 1. The second-order valence-corrected chi connectivity index (χ2v) is 5.48. The Labute approximate surface area is 121 Å². The van der Waals surface area contributed by atoms with Crippen LogP contribution in [0.4, 0.5) is 9.18 Å². The molecule has 0 spiro atoms. The van der Waals surface area contributed by atoms with Crippen LogP contribution in [-0.2, 0) is 16.0 Å². The van der Waals surface area contributed by atoms with Crippen LogP contribution in [0.15, 0.2) is 18.2 Å². The van der Waals surface area contributed by atoms with E-state index in [4.69, 9.17) is 9.84 Å². The van der Waals surface area contributed by atoms with Gasteiger partial charge in [-0.3, -0.25) is 0 Å². The molecule has 0 aliphatic carbocycles. The van der Waals surface area contributed by atoms with E-state index >= 15 is 0 Å². The van der Waals surface area contributed by atoms with Crippen molar-refractivity contribution in [2.24, 2.45) is 0 Å². The van der Waals surface area contributed by atoms with Gasteiger partial charge < -0.3 is 20.3 Å². The number of carbonyl (C=O) groups is 2. The number of phenolic OH excluding ortho intramolecular Hbond substituents is 1. The van der Waals surface area contributed by atoms with E-state index in [0.717, 1.165) is 6.07 Å². The summed E-state index contributed by atoms with van der Waals surface area (Å²) >= 11 is 0. The first-order valence-electron chi connectivity index (χ1n) is 6.29. The quantitative estimate of drug-likeness (QED) is 0.790. The van der Waals surface area contributed by atoms with Crippen molar-refractivity contribution in [3.05, 3.63) is 29.6 Å². The fraction of sp³-hybridized carbons (Fsp3) is 0.429. The van der Waals surface area contributed by atoms with Gasteiger partial charge in [0.25, 0.3) is 0 Å². The van der Waals surface area contributed by atoms with Crippen LogP contribution in [0.1, 0.15) is 26.3 Å². The van der Waals surface area contributed by atoms with Crippen molar-refractivity contribution in [1.29, 1.82) is 0 Å². The van der Waals surface area contributed by atoms with Gasteiger partial charge in [-0.25, -0.2) is 14.0 Å². The van der Waals surface area contributed by atoms with E-state index in [9.17, 15) is 19.1 Å². The van der Waals surface area contributed by atoms with Crippen molar-refractivity contribution >= 4 is 12.1 Å². The normalized spacial score (nSPS) is 12.6. The number of benzene rings is 1. The number of aromatic hydroxyl groups is 1. The van der Waals surface area contributed by atoms with Gasteiger partial charge in [-0.2, -0.15) is 0 Å². The maximum Gasteiger partial charge on any atom is 0.408 e. The van der Waals surface area contributed by atoms with E-state index < -0.39 is 35.9 Å². The molecule has 1 unspecified atom stereocenters. The molecule has 0 saturated carbocycles. The van der Waals surface area contributed by atoms with Gasteiger partial charge in [0, 0.05) is 12.0 Å². The number of carboxylic acid groups (broad SMARTS) is 1. The first-order valence-corrected chi connectivity index (χ1v) is 6.29. The lowest BCUT2D eigenvalue weighted by molar-refractivity contribution is -0.139. The molecule has 0 aliphatic rings. The lowest BCUT2D eigenvalue weighted by atomic mass is 10.0. The number of amides is 1. The third-order valence-corrected chi connectivity index (χ3v) is 2.49. The summed E-state index contributed by atoms with van der Waals surface area (Å²) in [4.78, 5) is 22.7. The molecule has 0 saturated heterocycles. The number of aliphatic carboxylic acids is 1. The van der Waals surface area contributed by atoms with Crippen LogP contribution >= 0.6 is 0 Å². The van der Waals surface area contributed by atoms with Crippen molar-refractivity contribution in [3.63, 3.8) is 0 Å².